The second-order valence-electron chi connectivity index (χ2n) is 4.73. The van der Waals surface area contributed by atoms with Gasteiger partial charge in [-0.1, -0.05) is 60.2 Å². The molecule has 0 saturated heterocycles. The van der Waals surface area contributed by atoms with Crippen molar-refractivity contribution in [1.29, 1.82) is 0 Å². The van der Waals surface area contributed by atoms with Gasteiger partial charge in [0.25, 0.3) is 0 Å². The van der Waals surface area contributed by atoms with Crippen molar-refractivity contribution in [2.45, 2.75) is 13.5 Å². The van der Waals surface area contributed by atoms with E-state index in [1.807, 2.05) is 34.9 Å². The van der Waals surface area contributed by atoms with Gasteiger partial charge in [-0.05, 0) is 24.1 Å². The summed E-state index contributed by atoms with van der Waals surface area (Å²) in [6.45, 7) is 2.74. The Labute approximate surface area is 122 Å². The van der Waals surface area contributed by atoms with Crippen LogP contribution >= 0.6 is 11.6 Å². The van der Waals surface area contributed by atoms with Crippen LogP contribution < -0.4 is 0 Å². The summed E-state index contributed by atoms with van der Waals surface area (Å²) < 4.78 is 1.92. The van der Waals surface area contributed by atoms with E-state index in [1.165, 1.54) is 11.1 Å². The van der Waals surface area contributed by atoms with E-state index >= 15 is 0 Å². The lowest BCUT2D eigenvalue weighted by Gasteiger charge is -2.08. The molecule has 4 heteroatoms. The molecule has 1 aromatic heterocycles. The largest absolute Gasteiger partial charge is 0.293 e. The molecule has 0 amide bonds. The number of benzene rings is 2. The fourth-order valence-corrected chi connectivity index (χ4v) is 2.28. The van der Waals surface area contributed by atoms with Gasteiger partial charge in [-0.15, -0.1) is 10.2 Å². The fourth-order valence-electron chi connectivity index (χ4n) is 2.10. The Kier molecular flexibility index (Phi) is 3.52. The molecule has 0 atom stereocenters. The van der Waals surface area contributed by atoms with Crippen molar-refractivity contribution >= 4 is 11.6 Å². The highest BCUT2D eigenvalue weighted by Crippen LogP contribution is 2.21. The molecule has 3 aromatic rings. The summed E-state index contributed by atoms with van der Waals surface area (Å²) in [7, 11) is 0. The van der Waals surface area contributed by atoms with E-state index in [1.54, 1.807) is 0 Å². The third kappa shape index (κ3) is 2.58. The van der Waals surface area contributed by atoms with Crippen molar-refractivity contribution in [3.8, 4) is 11.4 Å². The van der Waals surface area contributed by atoms with Crippen LogP contribution in [0.4, 0.5) is 0 Å². The lowest BCUT2D eigenvalue weighted by atomic mass is 10.1. The second kappa shape index (κ2) is 5.47. The Morgan fingerprint density at radius 3 is 2.35 bits per heavy atom. The number of aryl methyl sites for hydroxylation is 1. The molecule has 0 aliphatic rings. The second-order valence-corrected chi connectivity index (χ2v) is 5.07. The average Bonchev–Trinajstić information content (AvgIpc) is 2.84. The topological polar surface area (TPSA) is 30.7 Å². The van der Waals surface area contributed by atoms with Gasteiger partial charge in [-0.25, -0.2) is 0 Å². The molecule has 0 unspecified atom stereocenters. The van der Waals surface area contributed by atoms with Crippen LogP contribution in [-0.4, -0.2) is 14.8 Å². The zero-order valence-corrected chi connectivity index (χ0v) is 11.9. The first-order valence-electron chi connectivity index (χ1n) is 6.44. The van der Waals surface area contributed by atoms with E-state index < -0.39 is 0 Å². The summed E-state index contributed by atoms with van der Waals surface area (Å²) in [6, 6.07) is 18.3. The van der Waals surface area contributed by atoms with Crippen LogP contribution in [0.5, 0.6) is 0 Å². The fraction of sp³-hybridized carbons (Fsp3) is 0.125. The Morgan fingerprint density at radius 2 is 1.65 bits per heavy atom. The van der Waals surface area contributed by atoms with Crippen molar-refractivity contribution in [1.82, 2.24) is 14.8 Å². The van der Waals surface area contributed by atoms with Gasteiger partial charge in [0.05, 0.1) is 6.54 Å². The molecular formula is C16H14ClN3. The summed E-state index contributed by atoms with van der Waals surface area (Å²) in [4.78, 5) is 0. The van der Waals surface area contributed by atoms with E-state index in [9.17, 15) is 0 Å². The van der Waals surface area contributed by atoms with Crippen molar-refractivity contribution in [3.63, 3.8) is 0 Å². The number of nitrogens with zero attached hydrogens (tertiary/aromatic N) is 3. The maximum Gasteiger partial charge on any atom is 0.225 e. The highest BCUT2D eigenvalue weighted by molar-refractivity contribution is 6.28. The van der Waals surface area contributed by atoms with Crippen LogP contribution in [0.25, 0.3) is 11.4 Å². The molecule has 0 aliphatic carbocycles. The van der Waals surface area contributed by atoms with E-state index in [4.69, 9.17) is 11.6 Å². The molecule has 0 spiro atoms. The van der Waals surface area contributed by atoms with Crippen LogP contribution in [-0.2, 0) is 6.54 Å². The van der Waals surface area contributed by atoms with Crippen molar-refractivity contribution in [3.05, 3.63) is 71.0 Å². The maximum absolute atomic E-state index is 6.17. The van der Waals surface area contributed by atoms with E-state index in [0.29, 0.717) is 11.8 Å². The molecule has 2 aromatic carbocycles. The lowest BCUT2D eigenvalue weighted by Crippen LogP contribution is -2.02. The number of hydrogen-bond donors (Lipinski definition) is 0. The monoisotopic (exact) mass is 283 g/mol. The molecule has 3 nitrogen and oxygen atoms in total. The third-order valence-electron chi connectivity index (χ3n) is 3.20. The van der Waals surface area contributed by atoms with Gasteiger partial charge in [0.1, 0.15) is 0 Å². The summed E-state index contributed by atoms with van der Waals surface area (Å²) in [5, 5.41) is 8.57. The Bertz CT molecular complexity index is 702. The SMILES string of the molecule is Cc1ccc(Cn2c(Cl)nnc2-c2ccccc2)cc1. The van der Waals surface area contributed by atoms with Crippen LogP contribution in [0.3, 0.4) is 0 Å². The normalized spacial score (nSPS) is 10.7. The maximum atomic E-state index is 6.17. The third-order valence-corrected chi connectivity index (χ3v) is 3.48. The predicted molar refractivity (Wildman–Crippen MR) is 80.7 cm³/mol. The van der Waals surface area contributed by atoms with E-state index in [-0.39, 0.29) is 0 Å². The molecule has 0 bridgehead atoms. The average molecular weight is 284 g/mol. The van der Waals surface area contributed by atoms with Gasteiger partial charge in [-0.3, -0.25) is 4.57 Å². The van der Waals surface area contributed by atoms with Gasteiger partial charge >= 0.3 is 0 Å². The molecule has 1 heterocycles. The highest BCUT2D eigenvalue weighted by atomic mass is 35.5. The van der Waals surface area contributed by atoms with Crippen molar-refractivity contribution in [2.75, 3.05) is 0 Å². The molecule has 0 N–H and O–H groups in total. The highest BCUT2D eigenvalue weighted by Gasteiger charge is 2.12. The van der Waals surface area contributed by atoms with E-state index in [0.717, 1.165) is 11.4 Å². The number of halogens is 1. The Balaban J connectivity index is 1.97. The summed E-state index contributed by atoms with van der Waals surface area (Å²) in [6.07, 6.45) is 0. The summed E-state index contributed by atoms with van der Waals surface area (Å²) >= 11 is 6.17. The van der Waals surface area contributed by atoms with Gasteiger partial charge < -0.3 is 0 Å². The predicted octanol–water partition coefficient (Wildman–Crippen LogP) is 3.96. The standard InChI is InChI=1S/C16H14ClN3/c1-12-7-9-13(10-8-12)11-20-15(18-19-16(20)17)14-5-3-2-4-6-14/h2-10H,11H2,1H3. The van der Waals surface area contributed by atoms with Gasteiger partial charge in [0.2, 0.25) is 5.28 Å². The van der Waals surface area contributed by atoms with Crippen molar-refractivity contribution in [2.24, 2.45) is 0 Å². The first kappa shape index (κ1) is 12.9. The zero-order valence-electron chi connectivity index (χ0n) is 11.1. The Hall–Kier alpha value is -2.13. The smallest absolute Gasteiger partial charge is 0.225 e. The molecular weight excluding hydrogens is 270 g/mol. The molecule has 0 aliphatic heterocycles. The minimum atomic E-state index is 0.407. The van der Waals surface area contributed by atoms with Gasteiger partial charge in [0.15, 0.2) is 5.82 Å². The first-order valence-corrected chi connectivity index (χ1v) is 6.81. The summed E-state index contributed by atoms with van der Waals surface area (Å²) in [5.41, 5.74) is 3.43. The number of hydrogen-bond acceptors (Lipinski definition) is 2. The molecule has 20 heavy (non-hydrogen) atoms. The molecule has 3 rings (SSSR count). The minimum absolute atomic E-state index is 0.407. The van der Waals surface area contributed by atoms with E-state index in [2.05, 4.69) is 41.4 Å². The van der Waals surface area contributed by atoms with Gasteiger partial charge in [0, 0.05) is 5.56 Å². The molecule has 100 valence electrons. The van der Waals surface area contributed by atoms with Crippen LogP contribution in [0.15, 0.2) is 54.6 Å². The minimum Gasteiger partial charge on any atom is -0.293 e. The summed E-state index contributed by atoms with van der Waals surface area (Å²) in [5.74, 6) is 0.788. The van der Waals surface area contributed by atoms with Crippen molar-refractivity contribution < 1.29 is 0 Å². The van der Waals surface area contributed by atoms with Crippen LogP contribution in [0.1, 0.15) is 11.1 Å². The molecule has 0 fully saturated rings. The number of aromatic nitrogens is 3. The quantitative estimate of drug-likeness (QED) is 0.728. The van der Waals surface area contributed by atoms with Crippen LogP contribution in [0, 0.1) is 6.92 Å². The van der Waals surface area contributed by atoms with Crippen LogP contribution in [0.2, 0.25) is 5.28 Å². The zero-order chi connectivity index (χ0) is 13.9. The molecule has 0 radical (unpaired) electrons. The number of rotatable bonds is 3. The first-order chi connectivity index (χ1) is 9.74. The lowest BCUT2D eigenvalue weighted by molar-refractivity contribution is 0.803. The Morgan fingerprint density at radius 1 is 0.950 bits per heavy atom. The van der Waals surface area contributed by atoms with Gasteiger partial charge in [-0.2, -0.15) is 0 Å². The molecule has 0 saturated carbocycles.